The van der Waals surface area contributed by atoms with Gasteiger partial charge in [0.2, 0.25) is 0 Å². The van der Waals surface area contributed by atoms with Crippen molar-refractivity contribution in [1.82, 2.24) is 9.78 Å². The second kappa shape index (κ2) is 7.45. The lowest BCUT2D eigenvalue weighted by Crippen LogP contribution is -2.31. The number of halogens is 4. The summed E-state index contributed by atoms with van der Waals surface area (Å²) in [6.07, 6.45) is -3.29. The number of benzene rings is 1. The molecule has 0 saturated carbocycles. The predicted octanol–water partition coefficient (Wildman–Crippen LogP) is 3.33. The number of rotatable bonds is 5. The topological polar surface area (TPSA) is 67.2 Å². The standard InChI is InChI=1S/C16H17ClF3N3O2/c1-9(2)13(8-24)22-12-7-21-23(15(25)14(12)17)11-5-3-4-10(6-11)16(18,19)20/h3-7,9,13,22,24H,8H2,1-2H3/t13-/m1/s1. The van der Waals surface area contributed by atoms with Crippen LogP contribution in [0.4, 0.5) is 18.9 Å². The van der Waals surface area contributed by atoms with Crippen LogP contribution in [0.2, 0.25) is 5.02 Å². The van der Waals surface area contributed by atoms with E-state index in [4.69, 9.17) is 11.6 Å². The van der Waals surface area contributed by atoms with Crippen LogP contribution in [0.15, 0.2) is 35.3 Å². The van der Waals surface area contributed by atoms with Crippen LogP contribution < -0.4 is 10.9 Å². The summed E-state index contributed by atoms with van der Waals surface area (Å²) < 4.78 is 39.3. The molecule has 136 valence electrons. The summed E-state index contributed by atoms with van der Waals surface area (Å²) in [5.74, 6) is 0.0620. The molecule has 1 aromatic carbocycles. The van der Waals surface area contributed by atoms with E-state index in [1.54, 1.807) is 0 Å². The Bertz CT molecular complexity index is 806. The van der Waals surface area contributed by atoms with Gasteiger partial charge in [-0.3, -0.25) is 4.79 Å². The Labute approximate surface area is 147 Å². The van der Waals surface area contributed by atoms with Crippen molar-refractivity contribution in [3.63, 3.8) is 0 Å². The predicted molar refractivity (Wildman–Crippen MR) is 89.2 cm³/mol. The van der Waals surface area contributed by atoms with Crippen molar-refractivity contribution in [1.29, 1.82) is 0 Å². The Morgan fingerprint density at radius 1 is 1.36 bits per heavy atom. The fourth-order valence-corrected chi connectivity index (χ4v) is 2.34. The average Bonchev–Trinajstić information content (AvgIpc) is 2.55. The Hall–Kier alpha value is -2.06. The van der Waals surface area contributed by atoms with Crippen LogP contribution in [0.25, 0.3) is 5.69 Å². The fourth-order valence-electron chi connectivity index (χ4n) is 2.15. The van der Waals surface area contributed by atoms with Gasteiger partial charge in [0.05, 0.1) is 35.8 Å². The van der Waals surface area contributed by atoms with Crippen molar-refractivity contribution in [3.8, 4) is 5.69 Å². The Kier molecular flexibility index (Phi) is 5.74. The van der Waals surface area contributed by atoms with Crippen molar-refractivity contribution in [2.24, 2.45) is 5.92 Å². The van der Waals surface area contributed by atoms with E-state index < -0.39 is 17.3 Å². The highest BCUT2D eigenvalue weighted by atomic mass is 35.5. The number of anilines is 1. The van der Waals surface area contributed by atoms with Gasteiger partial charge in [-0.25, -0.2) is 0 Å². The minimum Gasteiger partial charge on any atom is -0.394 e. The summed E-state index contributed by atoms with van der Waals surface area (Å²) in [5, 5.41) is 15.9. The first-order valence-corrected chi connectivity index (χ1v) is 7.85. The maximum absolute atomic E-state index is 12.8. The van der Waals surface area contributed by atoms with Crippen molar-refractivity contribution in [3.05, 3.63) is 51.4 Å². The molecule has 5 nitrogen and oxygen atoms in total. The highest BCUT2D eigenvalue weighted by molar-refractivity contribution is 6.32. The van der Waals surface area contributed by atoms with E-state index in [0.717, 1.165) is 16.8 Å². The van der Waals surface area contributed by atoms with Gasteiger partial charge in [-0.1, -0.05) is 31.5 Å². The van der Waals surface area contributed by atoms with Crippen molar-refractivity contribution < 1.29 is 18.3 Å². The molecule has 0 saturated heterocycles. The average molecular weight is 376 g/mol. The summed E-state index contributed by atoms with van der Waals surface area (Å²) >= 11 is 6.04. The molecule has 2 N–H and O–H groups in total. The SMILES string of the molecule is CC(C)[C@@H](CO)Nc1cnn(-c2cccc(C(F)(F)F)c2)c(=O)c1Cl. The summed E-state index contributed by atoms with van der Waals surface area (Å²) in [6, 6.07) is 3.90. The second-order valence-corrected chi connectivity index (χ2v) is 6.19. The lowest BCUT2D eigenvalue weighted by atomic mass is 10.1. The van der Waals surface area contributed by atoms with Gasteiger partial charge in [0.1, 0.15) is 5.02 Å². The van der Waals surface area contributed by atoms with Crippen LogP contribution in [0.1, 0.15) is 19.4 Å². The normalized spacial score (nSPS) is 13.1. The van der Waals surface area contributed by atoms with Crippen LogP contribution in [0.5, 0.6) is 0 Å². The lowest BCUT2D eigenvalue weighted by Gasteiger charge is -2.21. The van der Waals surface area contributed by atoms with Gasteiger partial charge in [-0.05, 0) is 24.1 Å². The number of aromatic nitrogens is 2. The Balaban J connectivity index is 2.43. The molecule has 0 bridgehead atoms. The fraction of sp³-hybridized carbons (Fsp3) is 0.375. The number of aliphatic hydroxyl groups excluding tert-OH is 1. The van der Waals surface area contributed by atoms with Gasteiger partial charge in [0.15, 0.2) is 0 Å². The third-order valence-electron chi connectivity index (χ3n) is 3.68. The smallest absolute Gasteiger partial charge is 0.394 e. The minimum absolute atomic E-state index is 0.0455. The maximum Gasteiger partial charge on any atom is 0.416 e. The Morgan fingerprint density at radius 3 is 2.60 bits per heavy atom. The van der Waals surface area contributed by atoms with Gasteiger partial charge in [-0.15, -0.1) is 0 Å². The second-order valence-electron chi connectivity index (χ2n) is 5.81. The minimum atomic E-state index is -4.53. The van der Waals surface area contributed by atoms with Crippen LogP contribution in [0.3, 0.4) is 0 Å². The Morgan fingerprint density at radius 2 is 2.04 bits per heavy atom. The number of aliphatic hydroxyl groups is 1. The van der Waals surface area contributed by atoms with E-state index in [2.05, 4.69) is 10.4 Å². The van der Waals surface area contributed by atoms with Gasteiger partial charge < -0.3 is 10.4 Å². The van der Waals surface area contributed by atoms with E-state index >= 15 is 0 Å². The van der Waals surface area contributed by atoms with Gasteiger partial charge in [0, 0.05) is 0 Å². The summed E-state index contributed by atoms with van der Waals surface area (Å²) in [6.45, 7) is 3.57. The van der Waals surface area contributed by atoms with Crippen LogP contribution in [0, 0.1) is 5.92 Å². The monoisotopic (exact) mass is 375 g/mol. The molecule has 25 heavy (non-hydrogen) atoms. The molecule has 0 fully saturated rings. The third-order valence-corrected chi connectivity index (χ3v) is 4.04. The number of nitrogens with zero attached hydrogens (tertiary/aromatic N) is 2. The van der Waals surface area contributed by atoms with Crippen LogP contribution in [-0.2, 0) is 6.18 Å². The van der Waals surface area contributed by atoms with E-state index in [-0.39, 0.29) is 35.0 Å². The van der Waals surface area contributed by atoms with Crippen LogP contribution >= 0.6 is 11.6 Å². The number of hydrogen-bond acceptors (Lipinski definition) is 4. The molecule has 0 amide bonds. The summed E-state index contributed by atoms with van der Waals surface area (Å²) in [4.78, 5) is 12.4. The molecule has 1 heterocycles. The van der Waals surface area contributed by atoms with Gasteiger partial charge >= 0.3 is 6.18 Å². The molecule has 0 aliphatic rings. The molecule has 0 aliphatic heterocycles. The zero-order valence-electron chi connectivity index (χ0n) is 13.5. The molecule has 0 unspecified atom stereocenters. The quantitative estimate of drug-likeness (QED) is 0.841. The molecule has 2 rings (SSSR count). The molecular formula is C16H17ClF3N3O2. The highest BCUT2D eigenvalue weighted by Gasteiger charge is 2.30. The van der Waals surface area contributed by atoms with E-state index in [9.17, 15) is 23.1 Å². The first-order chi connectivity index (χ1) is 11.6. The first kappa shape index (κ1) is 19.3. The van der Waals surface area contributed by atoms with Crippen molar-refractivity contribution in [2.45, 2.75) is 26.1 Å². The van der Waals surface area contributed by atoms with E-state index in [1.165, 1.54) is 18.3 Å². The molecule has 9 heteroatoms. The molecular weight excluding hydrogens is 359 g/mol. The van der Waals surface area contributed by atoms with E-state index in [1.807, 2.05) is 13.8 Å². The van der Waals surface area contributed by atoms with Crippen molar-refractivity contribution in [2.75, 3.05) is 11.9 Å². The molecule has 0 aliphatic carbocycles. The molecule has 0 spiro atoms. The molecule has 1 atom stereocenters. The summed E-state index contributed by atoms with van der Waals surface area (Å²) in [5.41, 5.74) is -1.48. The maximum atomic E-state index is 12.8. The molecule has 0 radical (unpaired) electrons. The largest absolute Gasteiger partial charge is 0.416 e. The van der Waals surface area contributed by atoms with Crippen LogP contribution in [-0.4, -0.2) is 27.5 Å². The first-order valence-electron chi connectivity index (χ1n) is 7.48. The number of nitrogens with one attached hydrogen (secondary N) is 1. The highest BCUT2D eigenvalue weighted by Crippen LogP contribution is 2.30. The zero-order chi connectivity index (χ0) is 18.8. The molecule has 1 aromatic heterocycles. The number of alkyl halides is 3. The summed E-state index contributed by atoms with van der Waals surface area (Å²) in [7, 11) is 0. The van der Waals surface area contributed by atoms with Gasteiger partial charge in [0.25, 0.3) is 5.56 Å². The third kappa shape index (κ3) is 4.32. The van der Waals surface area contributed by atoms with Crippen molar-refractivity contribution >= 4 is 17.3 Å². The number of hydrogen-bond donors (Lipinski definition) is 2. The molecule has 2 aromatic rings. The zero-order valence-corrected chi connectivity index (χ0v) is 14.3. The van der Waals surface area contributed by atoms with E-state index in [0.29, 0.717) is 0 Å². The lowest BCUT2D eigenvalue weighted by molar-refractivity contribution is -0.137. The van der Waals surface area contributed by atoms with Gasteiger partial charge in [-0.2, -0.15) is 23.0 Å².